The lowest BCUT2D eigenvalue weighted by atomic mass is 10.2. The first-order valence-corrected chi connectivity index (χ1v) is 4.44. The van der Waals surface area contributed by atoms with E-state index in [-0.39, 0.29) is 5.78 Å². The van der Waals surface area contributed by atoms with Crippen molar-refractivity contribution < 1.29 is 4.79 Å². The summed E-state index contributed by atoms with van der Waals surface area (Å²) in [5.74, 6) is 0.145. The van der Waals surface area contributed by atoms with E-state index in [0.29, 0.717) is 12.1 Å². The summed E-state index contributed by atoms with van der Waals surface area (Å²) in [5.41, 5.74) is 0.662. The second kappa shape index (κ2) is 3.13. The molecule has 0 saturated carbocycles. The Morgan fingerprint density at radius 2 is 2.18 bits per heavy atom. The zero-order chi connectivity index (χ0) is 8.43. The summed E-state index contributed by atoms with van der Waals surface area (Å²) in [6.07, 6.45) is 0.546. The van der Waals surface area contributed by atoms with Gasteiger partial charge in [-0.05, 0) is 13.8 Å². The molecule has 0 aliphatic rings. The highest BCUT2D eigenvalue weighted by Gasteiger charge is 2.10. The number of aromatic nitrogens is 1. The lowest BCUT2D eigenvalue weighted by Gasteiger charge is -1.90. The van der Waals surface area contributed by atoms with Gasteiger partial charge in [-0.2, -0.15) is 0 Å². The van der Waals surface area contributed by atoms with E-state index in [1.807, 2.05) is 20.8 Å². The largest absolute Gasteiger partial charge is 0.292 e. The van der Waals surface area contributed by atoms with Crippen molar-refractivity contribution in [3.05, 3.63) is 15.6 Å². The monoisotopic (exact) mass is 169 g/mol. The summed E-state index contributed by atoms with van der Waals surface area (Å²) in [6.45, 7) is 5.72. The molecule has 0 amide bonds. The highest BCUT2D eigenvalue weighted by molar-refractivity contribution is 7.11. The molecule has 0 unspecified atom stereocenters. The number of carbonyl (C=O) groups excluding carboxylic acids is 1. The van der Waals surface area contributed by atoms with Crippen LogP contribution in [0.3, 0.4) is 0 Å². The van der Waals surface area contributed by atoms with Crippen molar-refractivity contribution >= 4 is 17.1 Å². The highest BCUT2D eigenvalue weighted by Crippen LogP contribution is 2.17. The third kappa shape index (κ3) is 1.66. The maximum Gasteiger partial charge on any atom is 0.182 e. The van der Waals surface area contributed by atoms with Crippen LogP contribution in [0.2, 0.25) is 0 Å². The number of thiazole rings is 1. The second-order valence-corrected chi connectivity index (χ2v) is 3.82. The van der Waals surface area contributed by atoms with E-state index in [0.717, 1.165) is 9.88 Å². The predicted octanol–water partition coefficient (Wildman–Crippen LogP) is 2.35. The summed E-state index contributed by atoms with van der Waals surface area (Å²) in [5, 5.41) is 0.972. The Labute approximate surface area is 70.3 Å². The molecule has 0 aliphatic heterocycles. The fourth-order valence-corrected chi connectivity index (χ4v) is 1.79. The van der Waals surface area contributed by atoms with Crippen molar-refractivity contribution in [1.29, 1.82) is 0 Å². The van der Waals surface area contributed by atoms with E-state index in [4.69, 9.17) is 0 Å². The molecule has 1 rings (SSSR count). The first kappa shape index (κ1) is 8.40. The average molecular weight is 169 g/mol. The zero-order valence-corrected chi connectivity index (χ0v) is 7.79. The van der Waals surface area contributed by atoms with Gasteiger partial charge in [0.15, 0.2) is 5.78 Å². The van der Waals surface area contributed by atoms with Gasteiger partial charge in [-0.3, -0.25) is 4.79 Å². The molecule has 0 saturated heterocycles. The van der Waals surface area contributed by atoms with Crippen LogP contribution in [0, 0.1) is 13.8 Å². The molecule has 11 heavy (non-hydrogen) atoms. The van der Waals surface area contributed by atoms with Gasteiger partial charge in [0.05, 0.1) is 5.01 Å². The second-order valence-electron chi connectivity index (χ2n) is 2.41. The maximum atomic E-state index is 11.2. The third-order valence-corrected chi connectivity index (χ3v) is 2.37. The van der Waals surface area contributed by atoms with Crippen molar-refractivity contribution in [2.45, 2.75) is 27.2 Å². The van der Waals surface area contributed by atoms with Crippen LogP contribution >= 0.6 is 11.3 Å². The van der Waals surface area contributed by atoms with E-state index in [9.17, 15) is 4.79 Å². The van der Waals surface area contributed by atoms with Crippen LogP contribution in [-0.2, 0) is 0 Å². The van der Waals surface area contributed by atoms with Crippen LogP contribution in [0.1, 0.15) is 33.7 Å². The molecule has 2 nitrogen and oxygen atoms in total. The van der Waals surface area contributed by atoms with Crippen LogP contribution in [0.4, 0.5) is 0 Å². The molecule has 0 bridgehead atoms. The summed E-state index contributed by atoms with van der Waals surface area (Å²) in [4.78, 5) is 16.4. The summed E-state index contributed by atoms with van der Waals surface area (Å²) in [7, 11) is 0. The molecule has 1 heterocycles. The number of Topliss-reactive ketones (excluding diaryl/α,β-unsaturated/α-hetero) is 1. The van der Waals surface area contributed by atoms with Gasteiger partial charge in [0.25, 0.3) is 0 Å². The van der Waals surface area contributed by atoms with Crippen LogP contribution in [0.15, 0.2) is 0 Å². The molecular formula is C8H11NOS. The van der Waals surface area contributed by atoms with Crippen LogP contribution in [0.5, 0.6) is 0 Å². The number of rotatable bonds is 2. The topological polar surface area (TPSA) is 30.0 Å². The smallest absolute Gasteiger partial charge is 0.182 e. The van der Waals surface area contributed by atoms with Gasteiger partial charge in [-0.1, -0.05) is 6.92 Å². The minimum absolute atomic E-state index is 0.145. The Hall–Kier alpha value is -0.700. The van der Waals surface area contributed by atoms with E-state index >= 15 is 0 Å². The summed E-state index contributed by atoms with van der Waals surface area (Å²) >= 11 is 1.58. The SMILES string of the molecule is CCC(=O)c1nc(C)sc1C. The Kier molecular flexibility index (Phi) is 2.39. The van der Waals surface area contributed by atoms with Gasteiger partial charge in [0.1, 0.15) is 5.69 Å². The van der Waals surface area contributed by atoms with Crippen LogP contribution in [-0.4, -0.2) is 10.8 Å². The van der Waals surface area contributed by atoms with E-state index in [2.05, 4.69) is 4.98 Å². The Morgan fingerprint density at radius 3 is 2.55 bits per heavy atom. The maximum absolute atomic E-state index is 11.2. The fraction of sp³-hybridized carbons (Fsp3) is 0.500. The Balaban J connectivity index is 3.03. The number of carbonyl (C=O) groups is 1. The summed E-state index contributed by atoms with van der Waals surface area (Å²) < 4.78 is 0. The van der Waals surface area contributed by atoms with Crippen molar-refractivity contribution in [2.75, 3.05) is 0 Å². The number of hydrogen-bond donors (Lipinski definition) is 0. The summed E-state index contributed by atoms with van der Waals surface area (Å²) in [6, 6.07) is 0. The molecule has 0 atom stereocenters. The molecule has 0 N–H and O–H groups in total. The molecule has 1 aromatic rings. The van der Waals surface area contributed by atoms with E-state index in [1.54, 1.807) is 11.3 Å². The lowest BCUT2D eigenvalue weighted by Crippen LogP contribution is -1.98. The van der Waals surface area contributed by atoms with Gasteiger partial charge < -0.3 is 0 Å². The molecule has 0 aromatic carbocycles. The number of hydrogen-bond acceptors (Lipinski definition) is 3. The Bertz CT molecular complexity index is 278. The minimum atomic E-state index is 0.145. The average Bonchev–Trinajstić information content (AvgIpc) is 2.28. The molecule has 1 aromatic heterocycles. The fourth-order valence-electron chi connectivity index (χ4n) is 0.955. The highest BCUT2D eigenvalue weighted by atomic mass is 32.1. The third-order valence-electron chi connectivity index (χ3n) is 1.49. The normalized spacial score (nSPS) is 10.1. The first-order chi connectivity index (χ1) is 5.15. The standard InChI is InChI=1S/C8H11NOS/c1-4-7(10)8-5(2)11-6(3)9-8/h4H2,1-3H3. The van der Waals surface area contributed by atoms with E-state index in [1.165, 1.54) is 0 Å². The predicted molar refractivity (Wildman–Crippen MR) is 46.2 cm³/mol. The number of ketones is 1. The molecule has 0 spiro atoms. The van der Waals surface area contributed by atoms with Gasteiger partial charge in [0.2, 0.25) is 0 Å². The molecule has 0 aliphatic carbocycles. The van der Waals surface area contributed by atoms with Gasteiger partial charge in [-0.15, -0.1) is 11.3 Å². The minimum Gasteiger partial charge on any atom is -0.292 e. The van der Waals surface area contributed by atoms with Crippen LogP contribution in [0.25, 0.3) is 0 Å². The van der Waals surface area contributed by atoms with Gasteiger partial charge in [0, 0.05) is 11.3 Å². The van der Waals surface area contributed by atoms with Crippen molar-refractivity contribution in [3.63, 3.8) is 0 Å². The molecule has 60 valence electrons. The first-order valence-electron chi connectivity index (χ1n) is 3.62. The quantitative estimate of drug-likeness (QED) is 0.636. The lowest BCUT2D eigenvalue weighted by molar-refractivity contribution is 0.0983. The van der Waals surface area contributed by atoms with Crippen molar-refractivity contribution in [3.8, 4) is 0 Å². The molecular weight excluding hydrogens is 158 g/mol. The molecule has 0 fully saturated rings. The molecule has 0 radical (unpaired) electrons. The van der Waals surface area contributed by atoms with E-state index < -0.39 is 0 Å². The van der Waals surface area contributed by atoms with Crippen LogP contribution < -0.4 is 0 Å². The number of aryl methyl sites for hydroxylation is 2. The Morgan fingerprint density at radius 1 is 1.55 bits per heavy atom. The number of nitrogens with zero attached hydrogens (tertiary/aromatic N) is 1. The van der Waals surface area contributed by atoms with Gasteiger partial charge in [-0.25, -0.2) is 4.98 Å². The molecule has 3 heteroatoms. The van der Waals surface area contributed by atoms with Crippen molar-refractivity contribution in [2.24, 2.45) is 0 Å². The van der Waals surface area contributed by atoms with Crippen molar-refractivity contribution in [1.82, 2.24) is 4.98 Å². The van der Waals surface area contributed by atoms with Gasteiger partial charge >= 0.3 is 0 Å². The zero-order valence-electron chi connectivity index (χ0n) is 6.97.